The summed E-state index contributed by atoms with van der Waals surface area (Å²) in [5, 5.41) is 12.1. The molecule has 0 aliphatic heterocycles. The zero-order chi connectivity index (χ0) is 13.0. The Morgan fingerprint density at radius 2 is 2.33 bits per heavy atom. The zero-order valence-corrected chi connectivity index (χ0v) is 10.6. The summed E-state index contributed by atoms with van der Waals surface area (Å²) in [7, 11) is 0. The van der Waals surface area contributed by atoms with E-state index >= 15 is 0 Å². The third-order valence-corrected chi connectivity index (χ3v) is 3.47. The second-order valence-corrected chi connectivity index (χ2v) is 4.75. The van der Waals surface area contributed by atoms with Crippen LogP contribution in [0.1, 0.15) is 37.4 Å². The van der Waals surface area contributed by atoms with E-state index in [1.165, 1.54) is 5.56 Å². The van der Waals surface area contributed by atoms with E-state index in [0.29, 0.717) is 6.54 Å². The Kier molecular flexibility index (Phi) is 4.12. The number of carboxylic acid groups (broad SMARTS) is 1. The number of fused-ring (bicyclic) bond motifs is 1. The van der Waals surface area contributed by atoms with Crippen LogP contribution in [0.4, 0.5) is 5.82 Å². The van der Waals surface area contributed by atoms with E-state index in [-0.39, 0.29) is 12.3 Å². The molecule has 1 aromatic heterocycles. The van der Waals surface area contributed by atoms with E-state index in [1.54, 1.807) is 6.33 Å². The first-order valence-corrected chi connectivity index (χ1v) is 6.49. The van der Waals surface area contributed by atoms with Gasteiger partial charge >= 0.3 is 5.97 Å². The Hall–Kier alpha value is -1.65. The summed E-state index contributed by atoms with van der Waals surface area (Å²) in [5.74, 6) is 0.299. The van der Waals surface area contributed by atoms with E-state index < -0.39 is 5.97 Å². The van der Waals surface area contributed by atoms with Crippen LogP contribution in [0.5, 0.6) is 0 Å². The lowest BCUT2D eigenvalue weighted by Crippen LogP contribution is -2.18. The Labute approximate surface area is 107 Å². The fraction of sp³-hybridized carbons (Fsp3) is 0.615. The summed E-state index contributed by atoms with van der Waals surface area (Å²) in [6.45, 7) is 2.67. The Morgan fingerprint density at radius 3 is 3.06 bits per heavy atom. The highest BCUT2D eigenvalue weighted by molar-refractivity contribution is 5.67. The molecular weight excluding hydrogens is 230 g/mol. The topological polar surface area (TPSA) is 75.1 Å². The second kappa shape index (κ2) is 5.80. The number of hydrogen-bond donors (Lipinski definition) is 2. The van der Waals surface area contributed by atoms with Gasteiger partial charge in [0.15, 0.2) is 0 Å². The second-order valence-electron chi connectivity index (χ2n) is 4.75. The highest BCUT2D eigenvalue weighted by Crippen LogP contribution is 2.25. The lowest BCUT2D eigenvalue weighted by atomic mass is 10.0. The van der Waals surface area contributed by atoms with Crippen LogP contribution < -0.4 is 5.32 Å². The number of rotatable bonds is 6. The molecule has 0 saturated carbocycles. The number of aryl methyl sites for hydroxylation is 1. The van der Waals surface area contributed by atoms with Crippen molar-refractivity contribution in [2.45, 2.75) is 39.0 Å². The lowest BCUT2D eigenvalue weighted by Gasteiger charge is -2.15. The number of nitrogens with one attached hydrogen (secondary N) is 1. The van der Waals surface area contributed by atoms with Crippen molar-refractivity contribution in [2.24, 2.45) is 5.92 Å². The van der Waals surface area contributed by atoms with Gasteiger partial charge < -0.3 is 10.4 Å². The fourth-order valence-corrected chi connectivity index (χ4v) is 2.36. The van der Waals surface area contributed by atoms with Crippen molar-refractivity contribution in [1.82, 2.24) is 9.97 Å². The monoisotopic (exact) mass is 249 g/mol. The standard InChI is InChI=1S/C13H19N3O2/c1-2-9(6-12(17)18)7-14-13-10-4-3-5-11(10)15-8-16-13/h8-9H,2-7H2,1H3,(H,17,18)(H,14,15,16). The molecule has 0 spiro atoms. The molecule has 1 aromatic rings. The summed E-state index contributed by atoms with van der Waals surface area (Å²) in [4.78, 5) is 19.3. The summed E-state index contributed by atoms with van der Waals surface area (Å²) in [6, 6.07) is 0. The maximum Gasteiger partial charge on any atom is 0.303 e. The van der Waals surface area contributed by atoms with Crippen molar-refractivity contribution in [3.05, 3.63) is 17.6 Å². The van der Waals surface area contributed by atoms with Crippen molar-refractivity contribution in [3.63, 3.8) is 0 Å². The average molecular weight is 249 g/mol. The molecule has 0 saturated heterocycles. The number of anilines is 1. The lowest BCUT2D eigenvalue weighted by molar-refractivity contribution is -0.138. The molecule has 1 atom stereocenters. The van der Waals surface area contributed by atoms with Crippen LogP contribution in [0.2, 0.25) is 0 Å². The molecule has 1 aliphatic rings. The first-order chi connectivity index (χ1) is 8.70. The van der Waals surface area contributed by atoms with Crippen molar-refractivity contribution >= 4 is 11.8 Å². The van der Waals surface area contributed by atoms with E-state index in [0.717, 1.165) is 37.2 Å². The Balaban J connectivity index is 1.97. The van der Waals surface area contributed by atoms with Crippen molar-refractivity contribution < 1.29 is 9.90 Å². The van der Waals surface area contributed by atoms with Gasteiger partial charge in [-0.2, -0.15) is 0 Å². The van der Waals surface area contributed by atoms with Gasteiger partial charge in [-0.3, -0.25) is 4.79 Å². The fourth-order valence-electron chi connectivity index (χ4n) is 2.36. The van der Waals surface area contributed by atoms with Gasteiger partial charge in [0.25, 0.3) is 0 Å². The van der Waals surface area contributed by atoms with Gasteiger partial charge in [-0.05, 0) is 25.2 Å². The maximum atomic E-state index is 10.7. The van der Waals surface area contributed by atoms with Gasteiger partial charge in [-0.15, -0.1) is 0 Å². The minimum atomic E-state index is -0.739. The molecule has 0 aromatic carbocycles. The van der Waals surface area contributed by atoms with Crippen molar-refractivity contribution in [2.75, 3.05) is 11.9 Å². The van der Waals surface area contributed by atoms with Crippen LogP contribution >= 0.6 is 0 Å². The van der Waals surface area contributed by atoms with Crippen LogP contribution in [0, 0.1) is 5.92 Å². The number of carbonyl (C=O) groups is 1. The zero-order valence-electron chi connectivity index (χ0n) is 10.6. The van der Waals surface area contributed by atoms with Gasteiger partial charge in [-0.25, -0.2) is 9.97 Å². The molecule has 1 unspecified atom stereocenters. The summed E-state index contributed by atoms with van der Waals surface area (Å²) in [6.07, 6.45) is 5.83. The van der Waals surface area contributed by atoms with Gasteiger partial charge in [0.1, 0.15) is 12.1 Å². The van der Waals surface area contributed by atoms with Crippen LogP contribution in [0.25, 0.3) is 0 Å². The molecular formula is C13H19N3O2. The average Bonchev–Trinajstić information content (AvgIpc) is 2.82. The summed E-state index contributed by atoms with van der Waals surface area (Å²) < 4.78 is 0. The smallest absolute Gasteiger partial charge is 0.303 e. The Morgan fingerprint density at radius 1 is 1.50 bits per heavy atom. The largest absolute Gasteiger partial charge is 0.481 e. The number of hydrogen-bond acceptors (Lipinski definition) is 4. The van der Waals surface area contributed by atoms with Gasteiger partial charge in [-0.1, -0.05) is 13.3 Å². The quantitative estimate of drug-likeness (QED) is 0.805. The van der Waals surface area contributed by atoms with Crippen LogP contribution in [-0.2, 0) is 17.6 Å². The van der Waals surface area contributed by atoms with E-state index in [4.69, 9.17) is 5.11 Å². The van der Waals surface area contributed by atoms with E-state index in [1.807, 2.05) is 6.92 Å². The molecule has 1 heterocycles. The first-order valence-electron chi connectivity index (χ1n) is 6.49. The van der Waals surface area contributed by atoms with Gasteiger partial charge in [0.2, 0.25) is 0 Å². The van der Waals surface area contributed by atoms with Gasteiger partial charge in [0, 0.05) is 24.2 Å². The molecule has 5 nitrogen and oxygen atoms in total. The molecule has 18 heavy (non-hydrogen) atoms. The summed E-state index contributed by atoms with van der Waals surface area (Å²) in [5.41, 5.74) is 2.35. The minimum Gasteiger partial charge on any atom is -0.481 e. The molecule has 2 rings (SSSR count). The predicted molar refractivity (Wildman–Crippen MR) is 68.6 cm³/mol. The van der Waals surface area contributed by atoms with E-state index in [9.17, 15) is 4.79 Å². The molecule has 1 aliphatic carbocycles. The van der Waals surface area contributed by atoms with Crippen LogP contribution in [0.15, 0.2) is 6.33 Å². The highest BCUT2D eigenvalue weighted by atomic mass is 16.4. The third-order valence-electron chi connectivity index (χ3n) is 3.47. The minimum absolute atomic E-state index is 0.148. The van der Waals surface area contributed by atoms with Gasteiger partial charge in [0.05, 0.1) is 0 Å². The molecule has 0 bridgehead atoms. The summed E-state index contributed by atoms with van der Waals surface area (Å²) >= 11 is 0. The number of carboxylic acids is 1. The molecule has 2 N–H and O–H groups in total. The first kappa shape index (κ1) is 12.8. The number of aromatic nitrogens is 2. The third kappa shape index (κ3) is 2.97. The molecule has 98 valence electrons. The molecule has 5 heteroatoms. The molecule has 0 fully saturated rings. The van der Waals surface area contributed by atoms with Crippen molar-refractivity contribution in [3.8, 4) is 0 Å². The highest BCUT2D eigenvalue weighted by Gasteiger charge is 2.18. The predicted octanol–water partition coefficient (Wildman–Crippen LogP) is 1.88. The van der Waals surface area contributed by atoms with Crippen LogP contribution in [-0.4, -0.2) is 27.6 Å². The van der Waals surface area contributed by atoms with E-state index in [2.05, 4.69) is 15.3 Å². The number of aliphatic carboxylic acids is 1. The Bertz CT molecular complexity index is 434. The number of nitrogens with zero attached hydrogens (tertiary/aromatic N) is 2. The van der Waals surface area contributed by atoms with Crippen molar-refractivity contribution in [1.29, 1.82) is 0 Å². The normalized spacial score (nSPS) is 15.2. The molecule has 0 amide bonds. The molecule has 0 radical (unpaired) electrons. The maximum absolute atomic E-state index is 10.7. The SMILES string of the molecule is CCC(CNc1ncnc2c1CCC2)CC(=O)O. The van der Waals surface area contributed by atoms with Crippen LogP contribution in [0.3, 0.4) is 0 Å².